The van der Waals surface area contributed by atoms with Crippen molar-refractivity contribution in [2.24, 2.45) is 0 Å². The molecule has 0 aliphatic carbocycles. The summed E-state index contributed by atoms with van der Waals surface area (Å²) >= 11 is 0. The van der Waals surface area contributed by atoms with Crippen LogP contribution in [0.4, 0.5) is 3.89 Å². The molecule has 0 radical (unpaired) electrons. The van der Waals surface area contributed by atoms with Crippen molar-refractivity contribution in [2.75, 3.05) is 14.2 Å². The second-order valence-corrected chi connectivity index (χ2v) is 3.83. The maximum absolute atomic E-state index is 12.6. The molecule has 1 aromatic carbocycles. The largest absolute Gasteiger partial charge is 0.497 e. The predicted molar refractivity (Wildman–Crippen MR) is 47.8 cm³/mol. The molecule has 6 heteroatoms. The zero-order valence-corrected chi connectivity index (χ0v) is 8.47. The van der Waals surface area contributed by atoms with E-state index in [0.717, 1.165) is 12.1 Å². The lowest BCUT2D eigenvalue weighted by molar-refractivity contribution is 0.391. The van der Waals surface area contributed by atoms with Gasteiger partial charge in [-0.25, -0.2) is 0 Å². The highest BCUT2D eigenvalue weighted by Crippen LogP contribution is 2.26. The molecule has 78 valence electrons. The minimum atomic E-state index is -4.73. The van der Waals surface area contributed by atoms with Gasteiger partial charge in [0.2, 0.25) is 0 Å². The minimum absolute atomic E-state index is 0.223. The Kier molecular flexibility index (Phi) is 2.95. The Labute approximate surface area is 81.5 Å². The molecule has 14 heavy (non-hydrogen) atoms. The summed E-state index contributed by atoms with van der Waals surface area (Å²) in [6, 6.07) is 3.62. The fraction of sp³-hybridized carbons (Fsp3) is 0.250. The summed E-state index contributed by atoms with van der Waals surface area (Å²) in [4.78, 5) is -0.478. The Hall–Kier alpha value is -1.30. The van der Waals surface area contributed by atoms with E-state index in [0.29, 0.717) is 0 Å². The molecule has 1 rings (SSSR count). The van der Waals surface area contributed by atoms with E-state index in [1.54, 1.807) is 0 Å². The third-order valence-electron chi connectivity index (χ3n) is 1.61. The quantitative estimate of drug-likeness (QED) is 0.722. The normalized spacial score (nSPS) is 11.1. The van der Waals surface area contributed by atoms with Crippen LogP contribution in [0.25, 0.3) is 0 Å². The first kappa shape index (κ1) is 10.8. The van der Waals surface area contributed by atoms with Crippen LogP contribution in [0.5, 0.6) is 11.5 Å². The topological polar surface area (TPSA) is 52.6 Å². The van der Waals surface area contributed by atoms with Gasteiger partial charge in [-0.1, -0.05) is 0 Å². The van der Waals surface area contributed by atoms with Crippen LogP contribution in [-0.4, -0.2) is 22.6 Å². The predicted octanol–water partition coefficient (Wildman–Crippen LogP) is 1.36. The second-order valence-electron chi connectivity index (χ2n) is 2.49. The summed E-state index contributed by atoms with van der Waals surface area (Å²) in [5.74, 6) is 0.446. The van der Waals surface area contributed by atoms with Crippen molar-refractivity contribution in [3.63, 3.8) is 0 Å². The standard InChI is InChI=1S/C8H9FO4S/c1-12-6-3-7(13-2)5-8(4-6)14(9,10)11/h3-5H,1-2H3. The van der Waals surface area contributed by atoms with Crippen molar-refractivity contribution >= 4 is 10.2 Å². The summed E-state index contributed by atoms with van der Waals surface area (Å²) in [7, 11) is -2.03. The van der Waals surface area contributed by atoms with E-state index in [1.165, 1.54) is 20.3 Å². The van der Waals surface area contributed by atoms with Crippen molar-refractivity contribution in [3.05, 3.63) is 18.2 Å². The number of hydrogen-bond donors (Lipinski definition) is 0. The first-order chi connectivity index (χ1) is 6.47. The van der Waals surface area contributed by atoms with Gasteiger partial charge in [-0.05, 0) is 0 Å². The Bertz CT molecular complexity index is 405. The van der Waals surface area contributed by atoms with Crippen LogP contribution in [0.1, 0.15) is 0 Å². The number of ether oxygens (including phenoxy) is 2. The number of benzene rings is 1. The van der Waals surface area contributed by atoms with Crippen molar-refractivity contribution in [2.45, 2.75) is 4.90 Å². The van der Waals surface area contributed by atoms with Gasteiger partial charge in [0.25, 0.3) is 0 Å². The highest BCUT2D eigenvalue weighted by molar-refractivity contribution is 7.86. The molecule has 1 aromatic rings. The van der Waals surface area contributed by atoms with Crippen LogP contribution in [0.3, 0.4) is 0 Å². The molecule has 0 spiro atoms. The first-order valence-corrected chi connectivity index (χ1v) is 5.03. The molecule has 0 atom stereocenters. The minimum Gasteiger partial charge on any atom is -0.497 e. The summed E-state index contributed by atoms with van der Waals surface area (Å²) in [5.41, 5.74) is 0. The monoisotopic (exact) mass is 220 g/mol. The molecular weight excluding hydrogens is 211 g/mol. The third-order valence-corrected chi connectivity index (χ3v) is 2.41. The lowest BCUT2D eigenvalue weighted by Crippen LogP contribution is -1.95. The molecular formula is C8H9FO4S. The molecule has 0 unspecified atom stereocenters. The maximum atomic E-state index is 12.6. The molecule has 0 aliphatic heterocycles. The molecule has 0 aromatic heterocycles. The number of halogens is 1. The van der Waals surface area contributed by atoms with E-state index in [2.05, 4.69) is 0 Å². The molecule has 0 bridgehead atoms. The lowest BCUT2D eigenvalue weighted by Gasteiger charge is -2.05. The van der Waals surface area contributed by atoms with Crippen molar-refractivity contribution < 1.29 is 21.8 Å². The van der Waals surface area contributed by atoms with Gasteiger partial charge in [0.15, 0.2) is 0 Å². The van der Waals surface area contributed by atoms with Crippen LogP contribution in [0.2, 0.25) is 0 Å². The van der Waals surface area contributed by atoms with Crippen LogP contribution in [0, 0.1) is 0 Å². The fourth-order valence-corrected chi connectivity index (χ4v) is 1.44. The Morgan fingerprint density at radius 3 is 1.79 bits per heavy atom. The second kappa shape index (κ2) is 3.83. The van der Waals surface area contributed by atoms with E-state index in [1.807, 2.05) is 0 Å². The highest BCUT2D eigenvalue weighted by Gasteiger charge is 2.14. The molecule has 0 fully saturated rings. The zero-order valence-electron chi connectivity index (χ0n) is 7.65. The van der Waals surface area contributed by atoms with Gasteiger partial charge < -0.3 is 9.47 Å². The molecule has 0 N–H and O–H groups in total. The van der Waals surface area contributed by atoms with Crippen molar-refractivity contribution in [1.82, 2.24) is 0 Å². The molecule has 4 nitrogen and oxygen atoms in total. The molecule has 0 heterocycles. The van der Waals surface area contributed by atoms with E-state index >= 15 is 0 Å². The van der Waals surface area contributed by atoms with E-state index in [-0.39, 0.29) is 11.5 Å². The summed E-state index contributed by atoms with van der Waals surface area (Å²) in [5, 5.41) is 0. The molecule has 0 saturated heterocycles. The molecule has 0 amide bonds. The van der Waals surface area contributed by atoms with Gasteiger partial charge in [0, 0.05) is 18.2 Å². The average Bonchev–Trinajstić information content (AvgIpc) is 2.15. The molecule has 0 aliphatic rings. The maximum Gasteiger partial charge on any atom is 0.332 e. The molecule has 0 saturated carbocycles. The summed E-state index contributed by atoms with van der Waals surface area (Å²) in [6.45, 7) is 0. The Morgan fingerprint density at radius 2 is 1.50 bits per heavy atom. The van der Waals surface area contributed by atoms with Gasteiger partial charge in [-0.3, -0.25) is 0 Å². The van der Waals surface area contributed by atoms with Gasteiger partial charge in [0.1, 0.15) is 16.4 Å². The lowest BCUT2D eigenvalue weighted by atomic mass is 10.3. The summed E-state index contributed by atoms with van der Waals surface area (Å²) in [6.07, 6.45) is 0. The zero-order chi connectivity index (χ0) is 10.8. The van der Waals surface area contributed by atoms with Crippen LogP contribution in [0.15, 0.2) is 23.1 Å². The Morgan fingerprint density at radius 1 is 1.07 bits per heavy atom. The van der Waals surface area contributed by atoms with Gasteiger partial charge in [-0.2, -0.15) is 8.42 Å². The van der Waals surface area contributed by atoms with Crippen LogP contribution >= 0.6 is 0 Å². The third kappa shape index (κ3) is 2.35. The average molecular weight is 220 g/mol. The van der Waals surface area contributed by atoms with Crippen LogP contribution in [-0.2, 0) is 10.2 Å². The number of methoxy groups -OCH3 is 2. The van der Waals surface area contributed by atoms with E-state index < -0.39 is 15.1 Å². The van der Waals surface area contributed by atoms with Gasteiger partial charge in [0.05, 0.1) is 14.2 Å². The van der Waals surface area contributed by atoms with Crippen LogP contribution < -0.4 is 9.47 Å². The first-order valence-electron chi connectivity index (χ1n) is 3.65. The van der Waals surface area contributed by atoms with E-state index in [4.69, 9.17) is 9.47 Å². The Balaban J connectivity index is 3.32. The number of hydrogen-bond acceptors (Lipinski definition) is 4. The van der Waals surface area contributed by atoms with Gasteiger partial charge >= 0.3 is 10.2 Å². The summed E-state index contributed by atoms with van der Waals surface area (Å²) < 4.78 is 43.4. The fourth-order valence-electron chi connectivity index (χ4n) is 0.922. The van der Waals surface area contributed by atoms with E-state index in [9.17, 15) is 12.3 Å². The number of rotatable bonds is 3. The SMILES string of the molecule is COc1cc(OC)cc(S(=O)(=O)F)c1. The van der Waals surface area contributed by atoms with Crippen molar-refractivity contribution in [1.29, 1.82) is 0 Å². The highest BCUT2D eigenvalue weighted by atomic mass is 32.3. The smallest absolute Gasteiger partial charge is 0.332 e. The van der Waals surface area contributed by atoms with Gasteiger partial charge in [-0.15, -0.1) is 3.89 Å². The van der Waals surface area contributed by atoms with Crippen molar-refractivity contribution in [3.8, 4) is 11.5 Å².